The molecule has 0 aliphatic rings. The Morgan fingerprint density at radius 3 is 2.78 bits per heavy atom. The average Bonchev–Trinajstić information content (AvgIpc) is 3.26. The lowest BCUT2D eigenvalue weighted by Gasteiger charge is -2.09. The summed E-state index contributed by atoms with van der Waals surface area (Å²) in [6.07, 6.45) is 1.85. The number of ether oxygens (including phenoxy) is 1. The molecule has 6 nitrogen and oxygen atoms in total. The van der Waals surface area contributed by atoms with E-state index >= 15 is 0 Å². The molecule has 0 atom stereocenters. The van der Waals surface area contributed by atoms with Crippen molar-refractivity contribution in [1.82, 2.24) is 9.55 Å². The predicted molar refractivity (Wildman–Crippen MR) is 100 cm³/mol. The van der Waals surface area contributed by atoms with Crippen LogP contribution in [0.1, 0.15) is 28.7 Å². The van der Waals surface area contributed by atoms with Crippen LogP contribution in [0.4, 0.5) is 9.52 Å². The Bertz CT molecular complexity index is 934. The van der Waals surface area contributed by atoms with E-state index in [9.17, 15) is 14.0 Å². The van der Waals surface area contributed by atoms with Crippen molar-refractivity contribution >= 4 is 28.3 Å². The van der Waals surface area contributed by atoms with Crippen LogP contribution in [0.25, 0.3) is 0 Å². The molecule has 0 fully saturated rings. The van der Waals surface area contributed by atoms with Gasteiger partial charge in [-0.05, 0) is 36.8 Å². The monoisotopic (exact) mass is 387 g/mol. The Balaban J connectivity index is 1.65. The van der Waals surface area contributed by atoms with Crippen molar-refractivity contribution in [2.45, 2.75) is 19.9 Å². The summed E-state index contributed by atoms with van der Waals surface area (Å²) in [5, 5.41) is 4.86. The van der Waals surface area contributed by atoms with Crippen molar-refractivity contribution in [2.75, 3.05) is 11.9 Å². The van der Waals surface area contributed by atoms with E-state index in [1.807, 2.05) is 0 Å². The van der Waals surface area contributed by atoms with Crippen LogP contribution in [0.15, 0.2) is 48.0 Å². The number of nitrogens with one attached hydrogen (secondary N) is 1. The van der Waals surface area contributed by atoms with Gasteiger partial charge < -0.3 is 9.30 Å². The summed E-state index contributed by atoms with van der Waals surface area (Å²) in [4.78, 5) is 28.3. The third kappa shape index (κ3) is 5.01. The molecule has 140 valence electrons. The van der Waals surface area contributed by atoms with Crippen molar-refractivity contribution in [1.29, 1.82) is 0 Å². The first-order chi connectivity index (χ1) is 13.0. The molecule has 2 heterocycles. The highest BCUT2D eigenvalue weighted by molar-refractivity contribution is 7.14. The standard InChI is InChI=1S/C19H18FN3O3S/c1-2-26-17(24)10-15-12-27-19(21-15)22-18(25)16-4-3-9-23(16)11-13-5-7-14(20)8-6-13/h3-9,12H,2,10-11H2,1H3,(H,21,22,25). The molecule has 0 aliphatic heterocycles. The maximum Gasteiger partial charge on any atom is 0.311 e. The third-order valence-corrected chi connectivity index (χ3v) is 4.54. The second-order valence-corrected chi connectivity index (χ2v) is 6.59. The van der Waals surface area contributed by atoms with Crippen molar-refractivity contribution in [3.05, 3.63) is 70.7 Å². The number of rotatable bonds is 7. The van der Waals surface area contributed by atoms with Gasteiger partial charge in [0.25, 0.3) is 5.91 Å². The van der Waals surface area contributed by atoms with Crippen LogP contribution in [0.3, 0.4) is 0 Å². The largest absolute Gasteiger partial charge is 0.466 e. The van der Waals surface area contributed by atoms with Crippen molar-refractivity contribution in [3.63, 3.8) is 0 Å². The molecule has 1 amide bonds. The average molecular weight is 387 g/mol. The Hall–Kier alpha value is -3.00. The van der Waals surface area contributed by atoms with Gasteiger partial charge in [0.15, 0.2) is 5.13 Å². The Kier molecular flexibility index (Phi) is 5.97. The van der Waals surface area contributed by atoms with E-state index in [0.29, 0.717) is 29.7 Å². The predicted octanol–water partition coefficient (Wildman–Crippen LogP) is 3.49. The van der Waals surface area contributed by atoms with Crippen LogP contribution in [0.2, 0.25) is 0 Å². The van der Waals surface area contributed by atoms with Gasteiger partial charge in [-0.3, -0.25) is 14.9 Å². The number of benzene rings is 1. The van der Waals surface area contributed by atoms with Gasteiger partial charge in [0.2, 0.25) is 0 Å². The maximum absolute atomic E-state index is 13.0. The molecule has 0 aliphatic carbocycles. The number of esters is 1. The van der Waals surface area contributed by atoms with Gasteiger partial charge in [0.05, 0.1) is 18.7 Å². The topological polar surface area (TPSA) is 73.2 Å². The molecule has 3 aromatic rings. The van der Waals surface area contributed by atoms with Crippen molar-refractivity contribution in [3.8, 4) is 0 Å². The van der Waals surface area contributed by atoms with Gasteiger partial charge in [-0.15, -0.1) is 11.3 Å². The Labute approximate surface area is 159 Å². The maximum atomic E-state index is 13.0. The van der Waals surface area contributed by atoms with E-state index < -0.39 is 0 Å². The fourth-order valence-corrected chi connectivity index (χ4v) is 3.22. The Morgan fingerprint density at radius 2 is 2.04 bits per heavy atom. The van der Waals surface area contributed by atoms with Crippen molar-refractivity contribution < 1.29 is 18.7 Å². The van der Waals surface area contributed by atoms with Gasteiger partial charge in [-0.25, -0.2) is 9.37 Å². The van der Waals surface area contributed by atoms with Gasteiger partial charge in [0.1, 0.15) is 11.5 Å². The van der Waals surface area contributed by atoms with Crippen LogP contribution in [-0.4, -0.2) is 28.0 Å². The number of amides is 1. The summed E-state index contributed by atoms with van der Waals surface area (Å²) < 4.78 is 19.7. The molecule has 0 spiro atoms. The highest BCUT2D eigenvalue weighted by Gasteiger charge is 2.14. The molecule has 8 heteroatoms. The summed E-state index contributed by atoms with van der Waals surface area (Å²) in [7, 11) is 0. The number of carbonyl (C=O) groups is 2. The molecule has 2 aromatic heterocycles. The summed E-state index contributed by atoms with van der Waals surface area (Å²) in [6.45, 7) is 2.51. The smallest absolute Gasteiger partial charge is 0.311 e. The number of carbonyl (C=O) groups excluding carboxylic acids is 2. The minimum Gasteiger partial charge on any atom is -0.466 e. The number of aromatic nitrogens is 2. The second-order valence-electron chi connectivity index (χ2n) is 5.73. The lowest BCUT2D eigenvalue weighted by atomic mass is 10.2. The minimum atomic E-state index is -0.353. The fourth-order valence-electron chi connectivity index (χ4n) is 2.51. The Morgan fingerprint density at radius 1 is 1.26 bits per heavy atom. The van der Waals surface area contributed by atoms with E-state index in [1.54, 1.807) is 47.3 Å². The molecule has 0 unspecified atom stereocenters. The lowest BCUT2D eigenvalue weighted by Crippen LogP contribution is -2.17. The first kappa shape index (κ1) is 18.8. The molecule has 1 aromatic carbocycles. The lowest BCUT2D eigenvalue weighted by molar-refractivity contribution is -0.142. The summed E-state index contributed by atoms with van der Waals surface area (Å²) in [5.41, 5.74) is 1.89. The van der Waals surface area contributed by atoms with E-state index in [1.165, 1.54) is 23.5 Å². The van der Waals surface area contributed by atoms with Gasteiger partial charge >= 0.3 is 5.97 Å². The number of nitrogens with zero attached hydrogens (tertiary/aromatic N) is 2. The molecule has 1 N–H and O–H groups in total. The van der Waals surface area contributed by atoms with Crippen LogP contribution in [0, 0.1) is 5.82 Å². The zero-order valence-electron chi connectivity index (χ0n) is 14.6. The molecule has 0 bridgehead atoms. The van der Waals surface area contributed by atoms with Gasteiger partial charge in [-0.1, -0.05) is 12.1 Å². The van der Waals surface area contributed by atoms with Crippen molar-refractivity contribution in [2.24, 2.45) is 0 Å². The zero-order chi connectivity index (χ0) is 19.2. The minimum absolute atomic E-state index is 0.0706. The van der Waals surface area contributed by atoms with E-state index in [4.69, 9.17) is 4.74 Å². The quantitative estimate of drug-likeness (QED) is 0.630. The van der Waals surface area contributed by atoms with Gasteiger partial charge in [0, 0.05) is 18.1 Å². The van der Waals surface area contributed by atoms with Gasteiger partial charge in [-0.2, -0.15) is 0 Å². The molecular weight excluding hydrogens is 369 g/mol. The normalized spacial score (nSPS) is 10.6. The number of thiazole rings is 1. The number of anilines is 1. The summed E-state index contributed by atoms with van der Waals surface area (Å²) in [6, 6.07) is 9.61. The van der Waals surface area contributed by atoms with Crippen LogP contribution in [-0.2, 0) is 22.5 Å². The summed E-state index contributed by atoms with van der Waals surface area (Å²) >= 11 is 1.24. The van der Waals surface area contributed by atoms with E-state index in [2.05, 4.69) is 10.3 Å². The number of hydrogen-bond donors (Lipinski definition) is 1. The molecule has 3 rings (SSSR count). The van der Waals surface area contributed by atoms with E-state index in [-0.39, 0.29) is 24.1 Å². The zero-order valence-corrected chi connectivity index (χ0v) is 15.5. The first-order valence-electron chi connectivity index (χ1n) is 8.36. The molecule has 0 saturated carbocycles. The third-order valence-electron chi connectivity index (χ3n) is 3.73. The molecule has 27 heavy (non-hydrogen) atoms. The van der Waals surface area contributed by atoms with Crippen LogP contribution < -0.4 is 5.32 Å². The van der Waals surface area contributed by atoms with E-state index in [0.717, 1.165) is 5.56 Å². The summed E-state index contributed by atoms with van der Waals surface area (Å²) in [5.74, 6) is -0.959. The molecular formula is C19H18FN3O3S. The van der Waals surface area contributed by atoms with Crippen LogP contribution >= 0.6 is 11.3 Å². The molecule has 0 radical (unpaired) electrons. The second kappa shape index (κ2) is 8.59. The fraction of sp³-hybridized carbons (Fsp3) is 0.211. The number of hydrogen-bond acceptors (Lipinski definition) is 5. The highest BCUT2D eigenvalue weighted by atomic mass is 32.1. The molecule has 0 saturated heterocycles. The number of halogens is 1. The van der Waals surface area contributed by atoms with Crippen LogP contribution in [0.5, 0.6) is 0 Å². The SMILES string of the molecule is CCOC(=O)Cc1csc(NC(=O)c2cccn2Cc2ccc(F)cc2)n1. The highest BCUT2D eigenvalue weighted by Crippen LogP contribution is 2.18. The first-order valence-corrected chi connectivity index (χ1v) is 9.24.